The van der Waals surface area contributed by atoms with Gasteiger partial charge in [0.2, 0.25) is 5.95 Å². The van der Waals surface area contributed by atoms with Crippen LogP contribution in [0, 0.1) is 5.92 Å². The summed E-state index contributed by atoms with van der Waals surface area (Å²) in [4.78, 5) is 29.6. The van der Waals surface area contributed by atoms with Crippen molar-refractivity contribution in [2.45, 2.75) is 20.4 Å². The summed E-state index contributed by atoms with van der Waals surface area (Å²) in [6.07, 6.45) is 0. The quantitative estimate of drug-likeness (QED) is 0.702. The molecule has 3 aromatic rings. The van der Waals surface area contributed by atoms with E-state index in [1.54, 1.807) is 23.7 Å². The highest BCUT2D eigenvalue weighted by Crippen LogP contribution is 2.25. The lowest BCUT2D eigenvalue weighted by molar-refractivity contribution is 0.677. The molecule has 9 heteroatoms. The largest absolute Gasteiger partial charge is 0.355 e. The number of halogens is 2. The van der Waals surface area contributed by atoms with Gasteiger partial charge in [-0.2, -0.15) is 4.98 Å². The molecule has 0 atom stereocenters. The van der Waals surface area contributed by atoms with Crippen molar-refractivity contribution in [3.05, 3.63) is 54.6 Å². The van der Waals surface area contributed by atoms with Gasteiger partial charge in [-0.25, -0.2) is 4.79 Å². The highest BCUT2D eigenvalue weighted by atomic mass is 35.5. The van der Waals surface area contributed by atoms with Gasteiger partial charge in [0.1, 0.15) is 0 Å². The summed E-state index contributed by atoms with van der Waals surface area (Å²) in [5.74, 6) is 0.915. The molecule has 0 saturated carbocycles. The minimum Gasteiger partial charge on any atom is -0.355 e. The molecule has 0 aliphatic carbocycles. The number of hydrogen-bond donors (Lipinski definition) is 1. The van der Waals surface area contributed by atoms with E-state index >= 15 is 0 Å². The number of nitrogens with zero attached hydrogens (tertiary/aromatic N) is 4. The molecule has 144 valence electrons. The fourth-order valence-electron chi connectivity index (χ4n) is 2.85. The van der Waals surface area contributed by atoms with Crippen LogP contribution in [-0.4, -0.2) is 25.2 Å². The number of aromatic nitrogens is 4. The minimum atomic E-state index is -0.415. The smallest absolute Gasteiger partial charge is 0.332 e. The lowest BCUT2D eigenvalue weighted by Gasteiger charge is -2.12. The summed E-state index contributed by atoms with van der Waals surface area (Å²) in [6.45, 7) is 5.20. The van der Waals surface area contributed by atoms with Gasteiger partial charge in [0, 0.05) is 20.6 Å². The average Bonchev–Trinajstić information content (AvgIpc) is 2.98. The number of rotatable bonds is 5. The van der Waals surface area contributed by atoms with Gasteiger partial charge >= 0.3 is 5.69 Å². The van der Waals surface area contributed by atoms with Crippen LogP contribution in [0.3, 0.4) is 0 Å². The molecule has 0 aliphatic rings. The Kier molecular flexibility index (Phi) is 5.35. The molecule has 0 fully saturated rings. The zero-order chi connectivity index (χ0) is 19.9. The van der Waals surface area contributed by atoms with Gasteiger partial charge in [-0.05, 0) is 23.6 Å². The molecule has 0 aliphatic heterocycles. The molecular formula is C18H21Cl2N5O2. The molecule has 0 radical (unpaired) electrons. The third-order valence-corrected chi connectivity index (χ3v) is 5.08. The number of aryl methyl sites for hydroxylation is 1. The van der Waals surface area contributed by atoms with Crippen LogP contribution in [0.1, 0.15) is 19.4 Å². The Labute approximate surface area is 166 Å². The predicted molar refractivity (Wildman–Crippen MR) is 109 cm³/mol. The first-order chi connectivity index (χ1) is 12.7. The number of hydrogen-bond acceptors (Lipinski definition) is 4. The molecular weight excluding hydrogens is 389 g/mol. The van der Waals surface area contributed by atoms with Crippen LogP contribution in [0.5, 0.6) is 0 Å². The van der Waals surface area contributed by atoms with Gasteiger partial charge in [0.05, 0.1) is 16.6 Å². The monoisotopic (exact) mass is 409 g/mol. The fraction of sp³-hybridized carbons (Fsp3) is 0.389. The Bertz CT molecular complexity index is 1130. The van der Waals surface area contributed by atoms with Crippen molar-refractivity contribution < 1.29 is 0 Å². The summed E-state index contributed by atoms with van der Waals surface area (Å²) in [5.41, 5.74) is 0.763. The first-order valence-corrected chi connectivity index (χ1v) is 9.30. The predicted octanol–water partition coefficient (Wildman–Crippen LogP) is 2.86. The molecule has 0 unspecified atom stereocenters. The van der Waals surface area contributed by atoms with E-state index in [1.165, 1.54) is 11.6 Å². The molecule has 0 amide bonds. The van der Waals surface area contributed by atoms with E-state index in [2.05, 4.69) is 24.1 Å². The second-order valence-electron chi connectivity index (χ2n) is 6.92. The van der Waals surface area contributed by atoms with E-state index in [0.717, 1.165) is 10.1 Å². The highest BCUT2D eigenvalue weighted by molar-refractivity contribution is 6.42. The second-order valence-corrected chi connectivity index (χ2v) is 7.74. The van der Waals surface area contributed by atoms with Crippen LogP contribution >= 0.6 is 23.2 Å². The zero-order valence-corrected chi connectivity index (χ0v) is 17.1. The minimum absolute atomic E-state index is 0.342. The van der Waals surface area contributed by atoms with E-state index in [-0.39, 0.29) is 0 Å². The summed E-state index contributed by atoms with van der Waals surface area (Å²) >= 11 is 12.1. The number of imidazole rings is 1. The third-order valence-electron chi connectivity index (χ3n) is 4.34. The van der Waals surface area contributed by atoms with Crippen molar-refractivity contribution in [3.63, 3.8) is 0 Å². The van der Waals surface area contributed by atoms with Crippen molar-refractivity contribution in [1.82, 2.24) is 18.7 Å². The van der Waals surface area contributed by atoms with Gasteiger partial charge in [0.25, 0.3) is 5.56 Å². The van der Waals surface area contributed by atoms with Crippen LogP contribution in [0.2, 0.25) is 10.0 Å². The molecule has 7 nitrogen and oxygen atoms in total. The highest BCUT2D eigenvalue weighted by Gasteiger charge is 2.19. The number of nitrogens with one attached hydrogen (secondary N) is 1. The van der Waals surface area contributed by atoms with Crippen molar-refractivity contribution >= 4 is 40.3 Å². The fourth-order valence-corrected chi connectivity index (χ4v) is 3.17. The average molecular weight is 410 g/mol. The molecule has 0 saturated heterocycles. The Morgan fingerprint density at radius 3 is 2.44 bits per heavy atom. The Hall–Kier alpha value is -2.25. The molecule has 2 aromatic heterocycles. The van der Waals surface area contributed by atoms with Crippen molar-refractivity contribution in [2.24, 2.45) is 20.0 Å². The van der Waals surface area contributed by atoms with Crippen LogP contribution in [0.15, 0.2) is 27.8 Å². The molecule has 0 bridgehead atoms. The first kappa shape index (κ1) is 19.5. The van der Waals surface area contributed by atoms with Crippen molar-refractivity contribution in [2.75, 3.05) is 11.9 Å². The van der Waals surface area contributed by atoms with Crippen molar-refractivity contribution in [1.29, 1.82) is 0 Å². The van der Waals surface area contributed by atoms with Gasteiger partial charge in [-0.1, -0.05) is 43.1 Å². The SMILES string of the molecule is CC(C)CNc1nc2c(c(=O)n(C)c(=O)n2C)n1Cc1ccc(Cl)c(Cl)c1. The van der Waals surface area contributed by atoms with E-state index in [1.807, 2.05) is 6.07 Å². The summed E-state index contributed by atoms with van der Waals surface area (Å²) in [6, 6.07) is 5.32. The maximum Gasteiger partial charge on any atom is 0.332 e. The van der Waals surface area contributed by atoms with E-state index < -0.39 is 11.2 Å². The third kappa shape index (κ3) is 3.61. The summed E-state index contributed by atoms with van der Waals surface area (Å²) in [5, 5.41) is 4.18. The van der Waals surface area contributed by atoms with Gasteiger partial charge in [-0.3, -0.25) is 18.5 Å². The Morgan fingerprint density at radius 2 is 1.81 bits per heavy atom. The van der Waals surface area contributed by atoms with Crippen LogP contribution in [0.4, 0.5) is 5.95 Å². The molecule has 2 heterocycles. The zero-order valence-electron chi connectivity index (χ0n) is 15.6. The molecule has 1 N–H and O–H groups in total. The Morgan fingerprint density at radius 1 is 1.11 bits per heavy atom. The van der Waals surface area contributed by atoms with E-state index in [4.69, 9.17) is 23.2 Å². The van der Waals surface area contributed by atoms with E-state index in [9.17, 15) is 9.59 Å². The normalized spacial score (nSPS) is 11.5. The van der Waals surface area contributed by atoms with Crippen LogP contribution < -0.4 is 16.6 Å². The van der Waals surface area contributed by atoms with Crippen LogP contribution in [-0.2, 0) is 20.6 Å². The van der Waals surface area contributed by atoms with Crippen molar-refractivity contribution in [3.8, 4) is 0 Å². The number of fused-ring (bicyclic) bond motifs is 1. The number of benzene rings is 1. The first-order valence-electron chi connectivity index (χ1n) is 8.54. The molecule has 3 rings (SSSR count). The van der Waals surface area contributed by atoms with E-state index in [0.29, 0.717) is 46.2 Å². The standard InChI is InChI=1S/C18H21Cl2N5O2/c1-10(2)8-21-17-22-15-14(16(26)24(4)18(27)23(15)3)25(17)9-11-5-6-12(19)13(20)7-11/h5-7,10H,8-9H2,1-4H3,(H,21,22). The van der Waals surface area contributed by atoms with Gasteiger partial charge in [0.15, 0.2) is 11.2 Å². The molecule has 27 heavy (non-hydrogen) atoms. The van der Waals surface area contributed by atoms with Gasteiger partial charge in [-0.15, -0.1) is 0 Å². The molecule has 1 aromatic carbocycles. The maximum atomic E-state index is 12.8. The second kappa shape index (κ2) is 7.40. The lowest BCUT2D eigenvalue weighted by atomic mass is 10.2. The van der Waals surface area contributed by atoms with Crippen LogP contribution in [0.25, 0.3) is 11.2 Å². The topological polar surface area (TPSA) is 73.8 Å². The number of anilines is 1. The lowest BCUT2D eigenvalue weighted by Crippen LogP contribution is -2.37. The Balaban J connectivity index is 2.23. The molecule has 0 spiro atoms. The summed E-state index contributed by atoms with van der Waals surface area (Å²) < 4.78 is 4.24. The summed E-state index contributed by atoms with van der Waals surface area (Å²) in [7, 11) is 3.06. The van der Waals surface area contributed by atoms with Gasteiger partial charge < -0.3 is 5.32 Å². The maximum absolute atomic E-state index is 12.8.